The lowest BCUT2D eigenvalue weighted by Crippen LogP contribution is -2.30. The van der Waals surface area contributed by atoms with Crippen molar-refractivity contribution in [3.05, 3.63) is 52.0 Å². The highest BCUT2D eigenvalue weighted by Gasteiger charge is 2.24. The van der Waals surface area contributed by atoms with E-state index in [-0.39, 0.29) is 4.90 Å². The lowest BCUT2D eigenvalue weighted by Gasteiger charge is -2.23. The molecule has 0 saturated carbocycles. The van der Waals surface area contributed by atoms with E-state index in [1.165, 1.54) is 16.4 Å². The van der Waals surface area contributed by atoms with Gasteiger partial charge in [-0.3, -0.25) is 4.31 Å². The summed E-state index contributed by atoms with van der Waals surface area (Å²) < 4.78 is 27.3. The number of anilines is 2. The topological polar surface area (TPSA) is 63.4 Å². The highest BCUT2D eigenvalue weighted by atomic mass is 79.9. The van der Waals surface area contributed by atoms with Crippen LogP contribution < -0.4 is 10.0 Å². The quantitative estimate of drug-likeness (QED) is 0.807. The summed E-state index contributed by atoms with van der Waals surface area (Å²) >= 11 is 9.15. The zero-order chi connectivity index (χ0) is 15.6. The van der Waals surface area contributed by atoms with Crippen molar-refractivity contribution in [3.8, 4) is 0 Å². The predicted octanol–water partition coefficient (Wildman–Crippen LogP) is 3.90. The highest BCUT2D eigenvalue weighted by molar-refractivity contribution is 9.10. The van der Waals surface area contributed by atoms with Crippen LogP contribution in [-0.2, 0) is 10.0 Å². The van der Waals surface area contributed by atoms with Gasteiger partial charge in [-0.2, -0.15) is 0 Å². The van der Waals surface area contributed by atoms with Gasteiger partial charge in [-0.15, -0.1) is 0 Å². The van der Waals surface area contributed by atoms with Crippen molar-refractivity contribution in [3.63, 3.8) is 0 Å². The van der Waals surface area contributed by atoms with E-state index in [2.05, 4.69) is 15.9 Å². The number of nitrogen functional groups attached to an aromatic ring is 1. The molecule has 2 N–H and O–H groups in total. The van der Waals surface area contributed by atoms with Gasteiger partial charge < -0.3 is 5.73 Å². The molecule has 0 amide bonds. The average molecular weight is 390 g/mol. The molecule has 4 nitrogen and oxygen atoms in total. The Labute approximate surface area is 137 Å². The molecule has 0 spiro atoms. The molecule has 2 aromatic carbocycles. The molecule has 21 heavy (non-hydrogen) atoms. The minimum Gasteiger partial charge on any atom is -0.399 e. The molecule has 2 aromatic rings. The van der Waals surface area contributed by atoms with Gasteiger partial charge >= 0.3 is 0 Å². The summed E-state index contributed by atoms with van der Waals surface area (Å²) in [6, 6.07) is 11.2. The maximum Gasteiger partial charge on any atom is 0.264 e. The Kier molecular flexibility index (Phi) is 4.81. The van der Waals surface area contributed by atoms with E-state index >= 15 is 0 Å². The SMILES string of the molecule is CCN(c1ccc(N)cc1)S(=O)(=O)c1ccc(Cl)c(Br)c1. The van der Waals surface area contributed by atoms with Crippen molar-refractivity contribution in [2.45, 2.75) is 11.8 Å². The van der Waals surface area contributed by atoms with Gasteiger partial charge in [0.25, 0.3) is 10.0 Å². The molecule has 0 atom stereocenters. The maximum absolute atomic E-state index is 12.7. The van der Waals surface area contributed by atoms with Gasteiger partial charge in [-0.1, -0.05) is 11.6 Å². The Morgan fingerprint density at radius 2 is 1.81 bits per heavy atom. The van der Waals surface area contributed by atoms with Crippen molar-refractivity contribution >= 4 is 48.9 Å². The number of nitrogens with zero attached hydrogens (tertiary/aromatic N) is 1. The first kappa shape index (κ1) is 16.1. The molecule has 0 unspecified atom stereocenters. The van der Waals surface area contributed by atoms with Gasteiger partial charge in [0.05, 0.1) is 15.6 Å². The number of rotatable bonds is 4. The third kappa shape index (κ3) is 3.33. The first-order valence-electron chi connectivity index (χ1n) is 6.19. The molecule has 0 aliphatic heterocycles. The number of hydrogen-bond acceptors (Lipinski definition) is 3. The summed E-state index contributed by atoms with van der Waals surface area (Å²) in [5, 5.41) is 0.462. The third-order valence-corrected chi connectivity index (χ3v) is 6.06. The van der Waals surface area contributed by atoms with E-state index < -0.39 is 10.0 Å². The van der Waals surface area contributed by atoms with Crippen molar-refractivity contribution in [1.82, 2.24) is 0 Å². The Morgan fingerprint density at radius 3 is 2.33 bits per heavy atom. The fourth-order valence-corrected chi connectivity index (χ4v) is 4.04. The molecule has 0 aliphatic rings. The first-order valence-corrected chi connectivity index (χ1v) is 8.80. The molecule has 0 bridgehead atoms. The summed E-state index contributed by atoms with van der Waals surface area (Å²) in [6.07, 6.45) is 0. The maximum atomic E-state index is 12.7. The number of nitrogens with two attached hydrogens (primary N) is 1. The van der Waals surface area contributed by atoms with Crippen molar-refractivity contribution in [1.29, 1.82) is 0 Å². The lowest BCUT2D eigenvalue weighted by atomic mass is 10.3. The minimum absolute atomic E-state index is 0.178. The van der Waals surface area contributed by atoms with Gasteiger partial charge in [0, 0.05) is 16.7 Å². The molecule has 0 fully saturated rings. The second kappa shape index (κ2) is 6.25. The van der Waals surface area contributed by atoms with Crippen LogP contribution in [-0.4, -0.2) is 15.0 Å². The second-order valence-corrected chi connectivity index (χ2v) is 7.46. The van der Waals surface area contributed by atoms with Crippen LogP contribution in [0.4, 0.5) is 11.4 Å². The summed E-state index contributed by atoms with van der Waals surface area (Å²) in [5.74, 6) is 0. The van der Waals surface area contributed by atoms with Crippen LogP contribution in [0, 0.1) is 0 Å². The molecule has 0 heterocycles. The molecule has 7 heteroatoms. The molecule has 2 rings (SSSR count). The molecular formula is C14H14BrClN2O2S. The molecule has 0 saturated heterocycles. The smallest absolute Gasteiger partial charge is 0.264 e. The summed E-state index contributed by atoms with van der Waals surface area (Å²) in [7, 11) is -3.65. The molecule has 112 valence electrons. The second-order valence-electron chi connectivity index (χ2n) is 4.34. The van der Waals surface area contributed by atoms with E-state index in [1.807, 2.05) is 0 Å². The number of hydrogen-bond donors (Lipinski definition) is 1. The fourth-order valence-electron chi connectivity index (χ4n) is 1.90. The van der Waals surface area contributed by atoms with Crippen LogP contribution in [0.3, 0.4) is 0 Å². The van der Waals surface area contributed by atoms with E-state index in [4.69, 9.17) is 17.3 Å². The Morgan fingerprint density at radius 1 is 1.19 bits per heavy atom. The number of sulfonamides is 1. The first-order chi connectivity index (χ1) is 9.86. The zero-order valence-electron chi connectivity index (χ0n) is 11.3. The van der Waals surface area contributed by atoms with Crippen molar-refractivity contribution < 1.29 is 8.42 Å². The largest absolute Gasteiger partial charge is 0.399 e. The van der Waals surface area contributed by atoms with Crippen LogP contribution >= 0.6 is 27.5 Å². The predicted molar refractivity (Wildman–Crippen MR) is 90.2 cm³/mol. The van der Waals surface area contributed by atoms with E-state index in [0.29, 0.717) is 27.4 Å². The van der Waals surface area contributed by atoms with Crippen LogP contribution in [0.2, 0.25) is 5.02 Å². The van der Waals surface area contributed by atoms with Gasteiger partial charge in [0.1, 0.15) is 0 Å². The number of benzene rings is 2. The van der Waals surface area contributed by atoms with Gasteiger partial charge in [0.15, 0.2) is 0 Å². The van der Waals surface area contributed by atoms with Crippen LogP contribution in [0.15, 0.2) is 51.8 Å². The average Bonchev–Trinajstić information content (AvgIpc) is 2.44. The standard InChI is InChI=1S/C14H14BrClN2O2S/c1-2-18(11-5-3-10(17)4-6-11)21(19,20)12-7-8-14(16)13(15)9-12/h3-9H,2,17H2,1H3. The fraction of sp³-hybridized carbons (Fsp3) is 0.143. The van der Waals surface area contributed by atoms with Crippen LogP contribution in [0.25, 0.3) is 0 Å². The Bertz CT molecular complexity index is 748. The molecule has 0 aromatic heterocycles. The van der Waals surface area contributed by atoms with Crippen molar-refractivity contribution in [2.24, 2.45) is 0 Å². The molecule has 0 aliphatic carbocycles. The van der Waals surface area contributed by atoms with Crippen molar-refractivity contribution in [2.75, 3.05) is 16.6 Å². The summed E-state index contributed by atoms with van der Waals surface area (Å²) in [4.78, 5) is 0.178. The van der Waals surface area contributed by atoms with Gasteiger partial charge in [-0.25, -0.2) is 8.42 Å². The Balaban J connectivity index is 2.49. The zero-order valence-corrected chi connectivity index (χ0v) is 14.4. The monoisotopic (exact) mass is 388 g/mol. The highest BCUT2D eigenvalue weighted by Crippen LogP contribution is 2.29. The van der Waals surface area contributed by atoms with Gasteiger partial charge in [-0.05, 0) is 65.3 Å². The lowest BCUT2D eigenvalue weighted by molar-refractivity contribution is 0.592. The van der Waals surface area contributed by atoms with Gasteiger partial charge in [0.2, 0.25) is 0 Å². The van der Waals surface area contributed by atoms with E-state index in [1.54, 1.807) is 37.3 Å². The third-order valence-electron chi connectivity index (χ3n) is 2.95. The molecular weight excluding hydrogens is 376 g/mol. The normalized spacial score (nSPS) is 11.4. The van der Waals surface area contributed by atoms with Crippen LogP contribution in [0.5, 0.6) is 0 Å². The summed E-state index contributed by atoms with van der Waals surface area (Å²) in [5.41, 5.74) is 6.79. The van der Waals surface area contributed by atoms with E-state index in [9.17, 15) is 8.42 Å². The Hall–Kier alpha value is -1.24. The van der Waals surface area contributed by atoms with E-state index in [0.717, 1.165) is 0 Å². The number of halogens is 2. The van der Waals surface area contributed by atoms with Crippen LogP contribution in [0.1, 0.15) is 6.92 Å². The minimum atomic E-state index is -3.65. The summed E-state index contributed by atoms with van der Waals surface area (Å²) in [6.45, 7) is 2.09. The molecule has 0 radical (unpaired) electrons.